The summed E-state index contributed by atoms with van der Waals surface area (Å²) >= 11 is 0. The zero-order chi connectivity index (χ0) is 9.26. The van der Waals surface area contributed by atoms with Crippen molar-refractivity contribution in [3.8, 4) is 0 Å². The Balaban J connectivity index is 1.99. The first kappa shape index (κ1) is 8.50. The lowest BCUT2D eigenvalue weighted by molar-refractivity contribution is -0.127. The molecule has 2 aliphatic rings. The SMILES string of the molecule is O=C1NC(=O)C(C2CCOCC2)O1. The molecule has 0 aliphatic carbocycles. The first-order valence-electron chi connectivity index (χ1n) is 4.36. The number of hydrogen-bond donors (Lipinski definition) is 1. The summed E-state index contributed by atoms with van der Waals surface area (Å²) in [4.78, 5) is 21.9. The third-order valence-corrected chi connectivity index (χ3v) is 2.41. The molecule has 0 aromatic heterocycles. The third-order valence-electron chi connectivity index (χ3n) is 2.41. The standard InChI is InChI=1S/C8H11NO4/c10-7-6(13-8(11)9-7)5-1-3-12-4-2-5/h5-6H,1-4H2,(H,9,10,11). The van der Waals surface area contributed by atoms with Crippen molar-refractivity contribution >= 4 is 12.0 Å². The number of imide groups is 1. The number of amides is 2. The van der Waals surface area contributed by atoms with Gasteiger partial charge in [-0.3, -0.25) is 10.1 Å². The molecule has 0 bridgehead atoms. The van der Waals surface area contributed by atoms with E-state index in [4.69, 9.17) is 9.47 Å². The average Bonchev–Trinajstić information content (AvgIpc) is 2.47. The smallest absolute Gasteiger partial charge is 0.414 e. The van der Waals surface area contributed by atoms with Gasteiger partial charge in [-0.1, -0.05) is 0 Å². The van der Waals surface area contributed by atoms with Gasteiger partial charge in [0.25, 0.3) is 5.91 Å². The van der Waals surface area contributed by atoms with Gasteiger partial charge in [-0.2, -0.15) is 0 Å². The van der Waals surface area contributed by atoms with E-state index in [1.807, 2.05) is 0 Å². The molecule has 2 saturated heterocycles. The number of rotatable bonds is 1. The monoisotopic (exact) mass is 185 g/mol. The van der Waals surface area contributed by atoms with Crippen molar-refractivity contribution < 1.29 is 19.1 Å². The molecule has 13 heavy (non-hydrogen) atoms. The van der Waals surface area contributed by atoms with E-state index in [0.29, 0.717) is 13.2 Å². The fraction of sp³-hybridized carbons (Fsp3) is 0.750. The van der Waals surface area contributed by atoms with Gasteiger partial charge < -0.3 is 9.47 Å². The summed E-state index contributed by atoms with van der Waals surface area (Å²) in [5, 5.41) is 2.12. The van der Waals surface area contributed by atoms with E-state index < -0.39 is 12.2 Å². The minimum absolute atomic E-state index is 0.125. The lowest BCUT2D eigenvalue weighted by Crippen LogP contribution is -2.34. The molecular weight excluding hydrogens is 174 g/mol. The van der Waals surface area contributed by atoms with Crippen molar-refractivity contribution in [2.45, 2.75) is 18.9 Å². The molecule has 2 aliphatic heterocycles. The zero-order valence-electron chi connectivity index (χ0n) is 7.12. The molecule has 1 unspecified atom stereocenters. The molecule has 2 amide bonds. The van der Waals surface area contributed by atoms with E-state index >= 15 is 0 Å². The Kier molecular flexibility index (Phi) is 2.18. The predicted octanol–water partition coefficient (Wildman–Crippen LogP) is 0.0480. The number of hydrogen-bond acceptors (Lipinski definition) is 4. The van der Waals surface area contributed by atoms with Gasteiger partial charge in [0.2, 0.25) is 0 Å². The van der Waals surface area contributed by atoms with Gasteiger partial charge in [0.15, 0.2) is 6.10 Å². The van der Waals surface area contributed by atoms with E-state index in [9.17, 15) is 9.59 Å². The van der Waals surface area contributed by atoms with Crippen molar-refractivity contribution in [2.24, 2.45) is 5.92 Å². The number of alkyl carbamates (subject to hydrolysis) is 1. The molecule has 0 radical (unpaired) electrons. The molecule has 72 valence electrons. The molecule has 0 aromatic carbocycles. The van der Waals surface area contributed by atoms with Crippen LogP contribution in [-0.2, 0) is 14.3 Å². The molecule has 5 nitrogen and oxygen atoms in total. The fourth-order valence-electron chi connectivity index (χ4n) is 1.70. The maximum Gasteiger partial charge on any atom is 0.414 e. The Morgan fingerprint density at radius 2 is 1.92 bits per heavy atom. The maximum atomic E-state index is 11.2. The van der Waals surface area contributed by atoms with Crippen LogP contribution in [0.4, 0.5) is 4.79 Å². The van der Waals surface area contributed by atoms with E-state index in [0.717, 1.165) is 12.8 Å². The van der Waals surface area contributed by atoms with Crippen LogP contribution in [0.15, 0.2) is 0 Å². The van der Waals surface area contributed by atoms with Gasteiger partial charge in [0, 0.05) is 19.1 Å². The highest BCUT2D eigenvalue weighted by molar-refractivity contribution is 6.00. The second kappa shape index (κ2) is 3.33. The molecule has 0 aromatic rings. The van der Waals surface area contributed by atoms with Gasteiger partial charge in [-0.05, 0) is 12.8 Å². The Morgan fingerprint density at radius 3 is 2.46 bits per heavy atom. The summed E-state index contributed by atoms with van der Waals surface area (Å²) in [6.07, 6.45) is 0.356. The number of cyclic esters (lactones) is 1. The summed E-state index contributed by atoms with van der Waals surface area (Å²) in [5.41, 5.74) is 0. The van der Waals surface area contributed by atoms with Crippen LogP contribution in [0.1, 0.15) is 12.8 Å². The minimum Gasteiger partial charge on any atom is -0.435 e. The predicted molar refractivity (Wildman–Crippen MR) is 42.0 cm³/mol. The van der Waals surface area contributed by atoms with Crippen LogP contribution < -0.4 is 5.32 Å². The first-order chi connectivity index (χ1) is 6.27. The molecule has 0 spiro atoms. The minimum atomic E-state index is -0.624. The van der Waals surface area contributed by atoms with Gasteiger partial charge in [-0.15, -0.1) is 0 Å². The molecule has 2 fully saturated rings. The quantitative estimate of drug-likeness (QED) is 0.626. The van der Waals surface area contributed by atoms with E-state index in [-0.39, 0.29) is 11.8 Å². The van der Waals surface area contributed by atoms with E-state index in [1.54, 1.807) is 0 Å². The third kappa shape index (κ3) is 1.65. The first-order valence-corrected chi connectivity index (χ1v) is 4.36. The zero-order valence-corrected chi connectivity index (χ0v) is 7.12. The maximum absolute atomic E-state index is 11.2. The average molecular weight is 185 g/mol. The van der Waals surface area contributed by atoms with Gasteiger partial charge >= 0.3 is 6.09 Å². The number of ether oxygens (including phenoxy) is 2. The van der Waals surface area contributed by atoms with Crippen LogP contribution in [0, 0.1) is 5.92 Å². The molecule has 1 N–H and O–H groups in total. The lowest BCUT2D eigenvalue weighted by Gasteiger charge is -2.24. The largest absolute Gasteiger partial charge is 0.435 e. The van der Waals surface area contributed by atoms with Crippen molar-refractivity contribution in [3.63, 3.8) is 0 Å². The van der Waals surface area contributed by atoms with Crippen LogP contribution in [0.5, 0.6) is 0 Å². The van der Waals surface area contributed by atoms with Crippen molar-refractivity contribution in [1.82, 2.24) is 5.32 Å². The normalized spacial score (nSPS) is 30.0. The number of carbonyl (C=O) groups excluding carboxylic acids is 2. The van der Waals surface area contributed by atoms with Crippen LogP contribution in [0.3, 0.4) is 0 Å². The summed E-state index contributed by atoms with van der Waals surface area (Å²) < 4.78 is 10.0. The highest BCUT2D eigenvalue weighted by Gasteiger charge is 2.39. The highest BCUT2D eigenvalue weighted by Crippen LogP contribution is 2.23. The summed E-state index contributed by atoms with van der Waals surface area (Å²) in [7, 11) is 0. The number of nitrogens with one attached hydrogen (secondary N) is 1. The van der Waals surface area contributed by atoms with Crippen LogP contribution in [0.2, 0.25) is 0 Å². The Labute approximate surface area is 75.4 Å². The highest BCUT2D eigenvalue weighted by atomic mass is 16.6. The fourth-order valence-corrected chi connectivity index (χ4v) is 1.70. The van der Waals surface area contributed by atoms with Gasteiger partial charge in [0.05, 0.1) is 0 Å². The molecule has 1 atom stereocenters. The van der Waals surface area contributed by atoms with Crippen molar-refractivity contribution in [1.29, 1.82) is 0 Å². The lowest BCUT2D eigenvalue weighted by atomic mass is 9.94. The number of carbonyl (C=O) groups is 2. The van der Waals surface area contributed by atoms with E-state index in [2.05, 4.69) is 5.32 Å². The molecule has 2 heterocycles. The van der Waals surface area contributed by atoms with Crippen molar-refractivity contribution in [3.05, 3.63) is 0 Å². The Bertz CT molecular complexity index is 234. The van der Waals surface area contributed by atoms with Crippen LogP contribution >= 0.6 is 0 Å². The molecule has 0 saturated carbocycles. The topological polar surface area (TPSA) is 64.6 Å². The Morgan fingerprint density at radius 1 is 1.23 bits per heavy atom. The molecule has 5 heteroatoms. The molecule has 2 rings (SSSR count). The van der Waals surface area contributed by atoms with Gasteiger partial charge in [-0.25, -0.2) is 4.79 Å². The van der Waals surface area contributed by atoms with Gasteiger partial charge in [0.1, 0.15) is 0 Å². The summed E-state index contributed by atoms with van der Waals surface area (Å²) in [6.45, 7) is 1.29. The van der Waals surface area contributed by atoms with Crippen molar-refractivity contribution in [2.75, 3.05) is 13.2 Å². The van der Waals surface area contributed by atoms with Crippen LogP contribution in [-0.4, -0.2) is 31.3 Å². The second-order valence-electron chi connectivity index (χ2n) is 3.26. The Hall–Kier alpha value is -1.10. The van der Waals surface area contributed by atoms with E-state index in [1.165, 1.54) is 0 Å². The second-order valence-corrected chi connectivity index (χ2v) is 3.26. The summed E-state index contributed by atoms with van der Waals surface area (Å²) in [6, 6.07) is 0. The molecular formula is C8H11NO4. The summed E-state index contributed by atoms with van der Waals surface area (Å²) in [5.74, 6) is -0.183. The van der Waals surface area contributed by atoms with Crippen LogP contribution in [0.25, 0.3) is 0 Å².